The van der Waals surface area contributed by atoms with E-state index in [4.69, 9.17) is 9.47 Å². The van der Waals surface area contributed by atoms with Gasteiger partial charge in [-0.25, -0.2) is 4.79 Å². The van der Waals surface area contributed by atoms with Gasteiger partial charge in [-0.05, 0) is 19.3 Å². The molecule has 0 aromatic rings. The smallest absolute Gasteiger partial charge is 0.333 e. The lowest BCUT2D eigenvalue weighted by Gasteiger charge is -2.27. The van der Waals surface area contributed by atoms with Gasteiger partial charge in [0.1, 0.15) is 0 Å². The summed E-state index contributed by atoms with van der Waals surface area (Å²) in [6.07, 6.45) is 5.19. The zero-order valence-corrected chi connectivity index (χ0v) is 7.79. The van der Waals surface area contributed by atoms with Crippen molar-refractivity contribution in [2.24, 2.45) is 5.92 Å². The van der Waals surface area contributed by atoms with Crippen LogP contribution in [0.4, 0.5) is 0 Å². The van der Waals surface area contributed by atoms with E-state index in [1.54, 1.807) is 0 Å². The zero-order chi connectivity index (χ0) is 9.26. The quantitative estimate of drug-likeness (QED) is 0.573. The van der Waals surface area contributed by atoms with Gasteiger partial charge < -0.3 is 9.47 Å². The standard InChI is InChI=1S/C10H14O3/c1-12-10(11)8-4-5-9-7(8)3-2-6-13-9/h4,7,9H,2-3,5-6H2,1H3/t7-,9+/m0/s1. The van der Waals surface area contributed by atoms with Crippen molar-refractivity contribution in [1.29, 1.82) is 0 Å². The molecule has 3 heteroatoms. The van der Waals surface area contributed by atoms with Gasteiger partial charge >= 0.3 is 5.97 Å². The van der Waals surface area contributed by atoms with Crippen molar-refractivity contribution in [2.45, 2.75) is 25.4 Å². The molecule has 1 fully saturated rings. The van der Waals surface area contributed by atoms with E-state index in [0.29, 0.717) is 5.92 Å². The molecule has 72 valence electrons. The van der Waals surface area contributed by atoms with Crippen molar-refractivity contribution in [1.82, 2.24) is 0 Å². The van der Waals surface area contributed by atoms with Gasteiger partial charge in [0.25, 0.3) is 0 Å². The number of carbonyl (C=O) groups is 1. The van der Waals surface area contributed by atoms with Crippen molar-refractivity contribution >= 4 is 5.97 Å². The van der Waals surface area contributed by atoms with Crippen LogP contribution in [0, 0.1) is 5.92 Å². The summed E-state index contributed by atoms with van der Waals surface area (Å²) in [5.74, 6) is 0.110. The number of carbonyl (C=O) groups excluding carboxylic acids is 1. The van der Waals surface area contributed by atoms with Gasteiger partial charge in [-0.2, -0.15) is 0 Å². The topological polar surface area (TPSA) is 35.5 Å². The molecule has 13 heavy (non-hydrogen) atoms. The molecule has 0 spiro atoms. The van der Waals surface area contributed by atoms with Gasteiger partial charge in [-0.15, -0.1) is 0 Å². The van der Waals surface area contributed by atoms with E-state index < -0.39 is 0 Å². The third-order valence-electron chi connectivity index (χ3n) is 2.83. The highest BCUT2D eigenvalue weighted by Crippen LogP contribution is 2.35. The van der Waals surface area contributed by atoms with Crippen molar-refractivity contribution in [2.75, 3.05) is 13.7 Å². The third-order valence-corrected chi connectivity index (χ3v) is 2.83. The predicted molar refractivity (Wildman–Crippen MR) is 47.2 cm³/mol. The lowest BCUT2D eigenvalue weighted by Crippen LogP contribution is -2.28. The second kappa shape index (κ2) is 3.50. The molecular weight excluding hydrogens is 168 g/mol. The van der Waals surface area contributed by atoms with Gasteiger partial charge in [0.15, 0.2) is 0 Å². The molecule has 0 bridgehead atoms. The zero-order valence-electron chi connectivity index (χ0n) is 7.79. The first kappa shape index (κ1) is 8.75. The Morgan fingerprint density at radius 1 is 1.69 bits per heavy atom. The molecule has 0 saturated carbocycles. The highest BCUT2D eigenvalue weighted by atomic mass is 16.5. The molecule has 1 heterocycles. The molecule has 1 aliphatic heterocycles. The molecule has 0 amide bonds. The van der Waals surface area contributed by atoms with Crippen LogP contribution in [-0.2, 0) is 14.3 Å². The number of hydrogen-bond acceptors (Lipinski definition) is 3. The largest absolute Gasteiger partial charge is 0.466 e. The van der Waals surface area contributed by atoms with Crippen LogP contribution in [0.15, 0.2) is 11.6 Å². The minimum Gasteiger partial charge on any atom is -0.466 e. The van der Waals surface area contributed by atoms with Crippen LogP contribution in [0.5, 0.6) is 0 Å². The van der Waals surface area contributed by atoms with Crippen LogP contribution in [0.3, 0.4) is 0 Å². The first-order valence-electron chi connectivity index (χ1n) is 4.73. The Kier molecular flexibility index (Phi) is 2.36. The van der Waals surface area contributed by atoms with Crippen molar-refractivity contribution in [3.05, 3.63) is 11.6 Å². The summed E-state index contributed by atoms with van der Waals surface area (Å²) >= 11 is 0. The number of ether oxygens (including phenoxy) is 2. The normalized spacial score (nSPS) is 32.2. The Morgan fingerprint density at radius 3 is 3.31 bits per heavy atom. The molecule has 1 saturated heterocycles. The van der Waals surface area contributed by atoms with Crippen LogP contribution in [0.1, 0.15) is 19.3 Å². The lowest BCUT2D eigenvalue weighted by atomic mass is 9.92. The maximum Gasteiger partial charge on any atom is 0.333 e. The number of fused-ring (bicyclic) bond motifs is 1. The molecule has 0 aromatic carbocycles. The summed E-state index contributed by atoms with van der Waals surface area (Å²) < 4.78 is 10.3. The van der Waals surface area contributed by atoms with Gasteiger partial charge in [-0.1, -0.05) is 6.08 Å². The highest BCUT2D eigenvalue weighted by molar-refractivity contribution is 5.89. The SMILES string of the molecule is COC(=O)C1=CC[C@H]2OCCC[C@@H]12. The lowest BCUT2D eigenvalue weighted by molar-refractivity contribution is -0.137. The van der Waals surface area contributed by atoms with Crippen molar-refractivity contribution in [3.63, 3.8) is 0 Å². The average Bonchev–Trinajstić information content (AvgIpc) is 2.60. The number of methoxy groups -OCH3 is 1. The molecule has 0 aromatic heterocycles. The Morgan fingerprint density at radius 2 is 2.54 bits per heavy atom. The maximum atomic E-state index is 11.3. The molecular formula is C10H14O3. The molecule has 1 aliphatic carbocycles. The second-order valence-electron chi connectivity index (χ2n) is 3.54. The Bertz CT molecular complexity index is 245. The van der Waals surface area contributed by atoms with Crippen LogP contribution >= 0.6 is 0 Å². The first-order chi connectivity index (χ1) is 6.33. The van der Waals surface area contributed by atoms with Crippen LogP contribution in [-0.4, -0.2) is 25.8 Å². The number of hydrogen-bond donors (Lipinski definition) is 0. The Labute approximate surface area is 77.7 Å². The molecule has 0 N–H and O–H groups in total. The third kappa shape index (κ3) is 1.48. The summed E-state index contributed by atoms with van der Waals surface area (Å²) in [6, 6.07) is 0. The minimum atomic E-state index is -0.182. The fourth-order valence-corrected chi connectivity index (χ4v) is 2.18. The monoisotopic (exact) mass is 182 g/mol. The van der Waals surface area contributed by atoms with Crippen LogP contribution in [0.25, 0.3) is 0 Å². The summed E-state index contributed by atoms with van der Waals surface area (Å²) in [5.41, 5.74) is 0.826. The first-order valence-corrected chi connectivity index (χ1v) is 4.73. The summed E-state index contributed by atoms with van der Waals surface area (Å²) in [7, 11) is 1.43. The summed E-state index contributed by atoms with van der Waals surface area (Å²) in [6.45, 7) is 0.837. The predicted octanol–water partition coefficient (Wildman–Crippen LogP) is 1.28. The molecule has 2 aliphatic rings. The fraction of sp³-hybridized carbons (Fsp3) is 0.700. The van der Waals surface area contributed by atoms with Gasteiger partial charge in [0, 0.05) is 18.1 Å². The Hall–Kier alpha value is -0.830. The minimum absolute atomic E-state index is 0.182. The molecule has 2 rings (SSSR count). The van der Waals surface area contributed by atoms with Crippen LogP contribution in [0.2, 0.25) is 0 Å². The van der Waals surface area contributed by atoms with E-state index in [1.165, 1.54) is 7.11 Å². The van der Waals surface area contributed by atoms with E-state index in [9.17, 15) is 4.79 Å². The van der Waals surface area contributed by atoms with Crippen LogP contribution < -0.4 is 0 Å². The van der Waals surface area contributed by atoms with E-state index in [2.05, 4.69) is 0 Å². The van der Waals surface area contributed by atoms with E-state index >= 15 is 0 Å². The van der Waals surface area contributed by atoms with Gasteiger partial charge in [0.05, 0.1) is 13.2 Å². The second-order valence-corrected chi connectivity index (χ2v) is 3.54. The van der Waals surface area contributed by atoms with E-state index in [1.807, 2.05) is 6.08 Å². The summed E-state index contributed by atoms with van der Waals surface area (Å²) in [4.78, 5) is 11.3. The average molecular weight is 182 g/mol. The van der Waals surface area contributed by atoms with E-state index in [0.717, 1.165) is 31.4 Å². The van der Waals surface area contributed by atoms with E-state index in [-0.39, 0.29) is 12.1 Å². The molecule has 0 radical (unpaired) electrons. The number of esters is 1. The van der Waals surface area contributed by atoms with Gasteiger partial charge in [-0.3, -0.25) is 0 Å². The fourth-order valence-electron chi connectivity index (χ4n) is 2.18. The summed E-state index contributed by atoms with van der Waals surface area (Å²) in [5, 5.41) is 0. The Balaban J connectivity index is 2.09. The van der Waals surface area contributed by atoms with Gasteiger partial charge in [0.2, 0.25) is 0 Å². The molecule has 3 nitrogen and oxygen atoms in total. The number of rotatable bonds is 1. The molecule has 2 atom stereocenters. The highest BCUT2D eigenvalue weighted by Gasteiger charge is 2.36. The maximum absolute atomic E-state index is 11.3. The van der Waals surface area contributed by atoms with Crippen molar-refractivity contribution < 1.29 is 14.3 Å². The molecule has 0 unspecified atom stereocenters. The van der Waals surface area contributed by atoms with Crippen molar-refractivity contribution in [3.8, 4) is 0 Å².